The van der Waals surface area contributed by atoms with Gasteiger partial charge >= 0.3 is 6.09 Å². The summed E-state index contributed by atoms with van der Waals surface area (Å²) in [5.74, 6) is -5.75. The minimum atomic E-state index is -2.59. The molecular weight excluding hydrogens is 1080 g/mol. The van der Waals surface area contributed by atoms with Crippen LogP contribution in [0.2, 0.25) is 28.2 Å². The van der Waals surface area contributed by atoms with Crippen molar-refractivity contribution >= 4 is 61.0 Å². The number of methoxy groups -OCH3 is 3. The van der Waals surface area contributed by atoms with Crippen LogP contribution in [0.5, 0.6) is 0 Å². The summed E-state index contributed by atoms with van der Waals surface area (Å²) in [6, 6.07) is -1.12. The third kappa shape index (κ3) is 12.5. The predicted molar refractivity (Wildman–Crippen MR) is 300 cm³/mol. The molecule has 19 atom stereocenters. The van der Waals surface area contributed by atoms with Gasteiger partial charge in [-0.25, -0.2) is 4.79 Å². The van der Waals surface area contributed by atoms with Gasteiger partial charge in [-0.2, -0.15) is 0 Å². The number of amides is 3. The van der Waals surface area contributed by atoms with E-state index in [4.69, 9.17) is 60.8 Å². The van der Waals surface area contributed by atoms with Crippen LogP contribution in [0, 0.1) is 48.3 Å². The zero-order valence-electron chi connectivity index (χ0n) is 48.7. The Balaban J connectivity index is 1.11. The van der Waals surface area contributed by atoms with Crippen LogP contribution >= 0.6 is 23.2 Å². The van der Waals surface area contributed by atoms with Crippen LogP contribution < -0.4 is 10.6 Å². The van der Waals surface area contributed by atoms with Gasteiger partial charge in [-0.05, 0) is 82.3 Å². The fourth-order valence-electron chi connectivity index (χ4n) is 12.8. The molecule has 5 fully saturated rings. The molecule has 6 N–H and O–H groups in total. The average molecular weight is 1170 g/mol. The second-order valence-corrected chi connectivity index (χ2v) is 30.4. The highest BCUT2D eigenvalue weighted by atomic mass is 35.5. The fraction of sp³-hybridized carbons (Fsp3) is 0.754. The Morgan fingerprint density at radius 2 is 1.66 bits per heavy atom. The van der Waals surface area contributed by atoms with Crippen LogP contribution in [0.3, 0.4) is 0 Å². The van der Waals surface area contributed by atoms with Gasteiger partial charge in [0, 0.05) is 64.2 Å². The Morgan fingerprint density at radius 3 is 2.25 bits per heavy atom. The first-order valence-corrected chi connectivity index (χ1v) is 31.7. The lowest BCUT2D eigenvalue weighted by Crippen LogP contribution is -2.66. The topological polar surface area (TPSA) is 246 Å². The fourth-order valence-corrected chi connectivity index (χ4v) is 14.5. The number of aromatic amines is 1. The normalized spacial score (nSPS) is 37.5. The Kier molecular flexibility index (Phi) is 19.9. The highest BCUT2D eigenvalue weighted by Crippen LogP contribution is 2.52. The maximum absolute atomic E-state index is 15.0. The molecule has 0 radical (unpaired) electrons. The predicted octanol–water partition coefficient (Wildman–Crippen LogP) is 8.54. The molecule has 0 aromatic carbocycles. The van der Waals surface area contributed by atoms with Crippen LogP contribution in [0.25, 0.3) is 0 Å². The van der Waals surface area contributed by atoms with Crippen molar-refractivity contribution in [3.05, 3.63) is 51.4 Å². The van der Waals surface area contributed by atoms with E-state index >= 15 is 4.79 Å². The molecule has 3 saturated heterocycles. The van der Waals surface area contributed by atoms with E-state index in [1.807, 2.05) is 19.1 Å². The number of ketones is 1. The maximum Gasteiger partial charge on any atom is 0.407 e. The number of alkyl carbamates (subject to hydrolysis) is 1. The number of likely N-dealkylation sites (tertiary alicyclic amines) is 1. The molecule has 1 aromatic rings. The van der Waals surface area contributed by atoms with Crippen molar-refractivity contribution in [3.63, 3.8) is 0 Å². The number of aromatic nitrogens is 1. The number of fused-ring (bicyclic) bond motifs is 1. The number of anilines is 1. The van der Waals surface area contributed by atoms with Crippen molar-refractivity contribution in [1.82, 2.24) is 15.2 Å². The van der Waals surface area contributed by atoms with E-state index in [9.17, 15) is 29.7 Å². The summed E-state index contributed by atoms with van der Waals surface area (Å²) in [6.07, 6.45) is -3.30. The monoisotopic (exact) mass is 1170 g/mol. The molecule has 3 aliphatic carbocycles. The summed E-state index contributed by atoms with van der Waals surface area (Å²) in [5, 5.41) is 43.4. The summed E-state index contributed by atoms with van der Waals surface area (Å²) in [7, 11) is 2.04. The standard InChI is InChI=1S/C57H88Cl2N4O15Si/c1-26(2)44-46(65)41(53(68)63(44)54-49(73-14)47(66)48(31(7)75-54)77-55(69)60-25-33-19-20-34(71-12)23-37(33)72-13)45(64)40-28(4)17-21-35-36(22-18-27(3)39(35)40)76-38-24-57(70,50(32(8)74-38)78-79(15,16)56(9,10)11)29(5)52(67)62-51-43(59)42(58)30(6)61-51/h17,21,26,28-29,31-40,44,47-50,54,61,64,66,70H,3,18-20,22-25H2,1-2,4-16H3,(H,60,69)(H,62,67)/b45-41+/t28-,29?,31-,32+,33?,34?,35-,36+,37?,38-,39-,40-,44?,47-,48-,49-,50+,54-,57+/m0/s1. The first-order chi connectivity index (χ1) is 36.9. The minimum Gasteiger partial charge on any atom is -0.511 e. The Bertz CT molecular complexity index is 2480. The molecular formula is C57H88Cl2N4O15Si. The largest absolute Gasteiger partial charge is 0.511 e. The van der Waals surface area contributed by atoms with Gasteiger partial charge < -0.3 is 68.5 Å². The zero-order chi connectivity index (χ0) is 58.5. The lowest BCUT2D eigenvalue weighted by molar-refractivity contribution is -0.296. The van der Waals surface area contributed by atoms with Gasteiger partial charge in [0.2, 0.25) is 5.91 Å². The first kappa shape index (κ1) is 63.2. The van der Waals surface area contributed by atoms with Crippen LogP contribution in [0.1, 0.15) is 107 Å². The summed E-state index contributed by atoms with van der Waals surface area (Å²) in [6.45, 7) is 27.4. The highest BCUT2D eigenvalue weighted by molar-refractivity contribution is 6.74. The molecule has 1 aromatic heterocycles. The number of H-pyrrole nitrogens is 1. The van der Waals surface area contributed by atoms with Crippen molar-refractivity contribution in [2.75, 3.05) is 33.2 Å². The van der Waals surface area contributed by atoms with Crippen LogP contribution in [0.4, 0.5) is 10.6 Å². The number of aryl methyl sites for hydroxylation is 1. The lowest BCUT2D eigenvalue weighted by Gasteiger charge is -2.53. The smallest absolute Gasteiger partial charge is 0.407 e. The van der Waals surface area contributed by atoms with E-state index in [1.165, 1.54) is 12.0 Å². The van der Waals surface area contributed by atoms with Gasteiger partial charge in [0.15, 0.2) is 32.7 Å². The third-order valence-electron chi connectivity index (χ3n) is 18.5. The molecule has 7 rings (SSSR count). The summed E-state index contributed by atoms with van der Waals surface area (Å²) in [4.78, 5) is 61.6. The van der Waals surface area contributed by atoms with E-state index in [0.29, 0.717) is 25.0 Å². The Labute approximate surface area is 477 Å². The molecule has 3 aliphatic heterocycles. The molecule has 444 valence electrons. The van der Waals surface area contributed by atoms with Gasteiger partial charge in [0.1, 0.15) is 52.1 Å². The maximum atomic E-state index is 15.0. The summed E-state index contributed by atoms with van der Waals surface area (Å²) in [5.41, 5.74) is -0.841. The molecule has 5 unspecified atom stereocenters. The van der Waals surface area contributed by atoms with Crippen LogP contribution in [-0.2, 0) is 52.0 Å². The molecule has 79 heavy (non-hydrogen) atoms. The summed E-state index contributed by atoms with van der Waals surface area (Å²) < 4.78 is 49.8. The van der Waals surface area contributed by atoms with Crippen LogP contribution in [-0.4, -0.2) is 164 Å². The van der Waals surface area contributed by atoms with Gasteiger partial charge in [0.25, 0.3) is 5.91 Å². The van der Waals surface area contributed by atoms with Gasteiger partial charge in [-0.15, -0.1) is 0 Å². The number of allylic oxidation sites excluding steroid dienone is 3. The van der Waals surface area contributed by atoms with Crippen molar-refractivity contribution in [1.29, 1.82) is 0 Å². The number of hydrogen-bond donors (Lipinski definition) is 6. The van der Waals surface area contributed by atoms with Crippen molar-refractivity contribution in [2.24, 2.45) is 41.4 Å². The van der Waals surface area contributed by atoms with Crippen LogP contribution in [0.15, 0.2) is 35.6 Å². The molecule has 6 aliphatic rings. The second kappa shape index (κ2) is 24.8. The quantitative estimate of drug-likeness (QED) is 0.0299. The van der Waals surface area contributed by atoms with E-state index in [1.54, 1.807) is 55.8 Å². The number of rotatable bonds is 16. The van der Waals surface area contributed by atoms with Crippen molar-refractivity contribution < 1.29 is 72.1 Å². The number of nitrogens with one attached hydrogen (secondary N) is 3. The Morgan fingerprint density at radius 1 is 0.975 bits per heavy atom. The second-order valence-electron chi connectivity index (χ2n) is 24.9. The van der Waals surface area contributed by atoms with E-state index in [2.05, 4.69) is 56.1 Å². The number of halogens is 2. The number of nitrogens with zero attached hydrogens (tertiary/aromatic N) is 1. The van der Waals surface area contributed by atoms with Crippen molar-refractivity contribution in [2.45, 2.75) is 205 Å². The molecule has 22 heteroatoms. The molecule has 2 saturated carbocycles. The lowest BCUT2D eigenvalue weighted by atomic mass is 9.61. The van der Waals surface area contributed by atoms with Gasteiger partial charge in [0.05, 0.1) is 41.5 Å². The zero-order valence-corrected chi connectivity index (χ0v) is 51.2. The molecule has 19 nitrogen and oxygen atoms in total. The summed E-state index contributed by atoms with van der Waals surface area (Å²) >= 11 is 12.8. The van der Waals surface area contributed by atoms with E-state index in [-0.39, 0.29) is 69.2 Å². The number of carbonyl (C=O) groups excluding carboxylic acids is 4. The van der Waals surface area contributed by atoms with Crippen molar-refractivity contribution in [3.8, 4) is 0 Å². The number of aliphatic hydroxyl groups is 3. The number of carbonyl (C=O) groups is 4. The average Bonchev–Trinajstić information content (AvgIpc) is 3.79. The van der Waals surface area contributed by atoms with E-state index < -0.39 is 128 Å². The molecule has 3 amide bonds. The van der Waals surface area contributed by atoms with Gasteiger partial charge in [-0.1, -0.05) is 96.0 Å². The number of aliphatic hydroxyl groups excluding tert-OH is 2. The number of hydrogen-bond acceptors (Lipinski definition) is 15. The molecule has 4 heterocycles. The van der Waals surface area contributed by atoms with E-state index in [0.717, 1.165) is 18.4 Å². The molecule has 0 bridgehead atoms. The molecule has 0 spiro atoms. The minimum absolute atomic E-state index is 0.0178. The first-order valence-electron chi connectivity index (χ1n) is 28.0. The number of ether oxygens (including phenoxy) is 7. The SMILES string of the molecule is C=C1CC[C@@H](O[C@H]2C[C@@](O)(C(C)C(=O)Nc3[nH]c(C)c(Cl)c3Cl)[C@H](O[Si](C)(C)C(C)(C)C)[C@@H](C)O2)[C@@H]2C=C[C@H](C)[C@H](/C(O)=C3/C(=O)C(C(C)C)N([C@H]4O[C@@H](C)[C@H](OC(=O)NCC5CCC(OC)CC5OC)[C@H](O)[C@@H]4OC)C3=O)[C@@H]12. The number of Topliss-reactive ketones (excluding diaryl/α,β-unsaturated/α-hetero) is 1. The van der Waals surface area contributed by atoms with Gasteiger partial charge in [-0.3, -0.25) is 19.3 Å². The third-order valence-corrected chi connectivity index (χ3v) is 23.9. The highest BCUT2D eigenvalue weighted by Gasteiger charge is 2.60. The Hall–Kier alpha value is -3.38.